The van der Waals surface area contributed by atoms with Gasteiger partial charge in [0.15, 0.2) is 0 Å². The molecule has 1 N–H and O–H groups in total. The first-order chi connectivity index (χ1) is 7.69. The zero-order valence-corrected chi connectivity index (χ0v) is 9.93. The average molecular weight is 236 g/mol. The molecule has 84 valence electrons. The molecule has 1 amide bonds. The Labute approximate surface area is 97.3 Å². The Balaban J connectivity index is 2.22. The number of fused-ring (bicyclic) bond motifs is 1. The van der Waals surface area contributed by atoms with Crippen molar-refractivity contribution in [3.05, 3.63) is 23.2 Å². The van der Waals surface area contributed by atoms with Crippen molar-refractivity contribution in [2.45, 2.75) is 13.8 Å². The van der Waals surface area contributed by atoms with Crippen LogP contribution < -0.4 is 5.32 Å². The number of nitrogens with zero attached hydrogens (tertiary/aromatic N) is 1. The zero-order chi connectivity index (χ0) is 11.5. The predicted molar refractivity (Wildman–Crippen MR) is 65.0 cm³/mol. The van der Waals surface area contributed by atoms with Crippen LogP contribution >= 0.6 is 11.3 Å². The highest BCUT2D eigenvalue weighted by Gasteiger charge is 2.04. The molecule has 0 atom stereocenters. The summed E-state index contributed by atoms with van der Waals surface area (Å²) in [4.78, 5) is 15.6. The van der Waals surface area contributed by atoms with Gasteiger partial charge in [0.25, 0.3) is 0 Å². The number of benzene rings is 1. The Hall–Kier alpha value is -1.62. The summed E-state index contributed by atoms with van der Waals surface area (Å²) in [5.41, 5.74) is 1.60. The zero-order valence-electron chi connectivity index (χ0n) is 9.11. The van der Waals surface area contributed by atoms with E-state index in [2.05, 4.69) is 10.3 Å². The molecule has 0 aliphatic carbocycles. The van der Waals surface area contributed by atoms with Gasteiger partial charge in [0, 0.05) is 5.69 Å². The minimum atomic E-state index is -0.436. The fourth-order valence-electron chi connectivity index (χ4n) is 1.41. The van der Waals surface area contributed by atoms with Crippen molar-refractivity contribution < 1.29 is 9.53 Å². The number of hydrogen-bond donors (Lipinski definition) is 1. The maximum absolute atomic E-state index is 11.2. The molecule has 1 heterocycles. The summed E-state index contributed by atoms with van der Waals surface area (Å²) in [5.74, 6) is 0. The first kappa shape index (κ1) is 10.9. The molecule has 0 unspecified atom stereocenters. The van der Waals surface area contributed by atoms with Crippen LogP contribution in [0.15, 0.2) is 18.2 Å². The number of aromatic nitrogens is 1. The molecule has 1 aromatic carbocycles. The number of aryl methyl sites for hydroxylation is 1. The average Bonchev–Trinajstić information content (AvgIpc) is 2.57. The molecule has 0 fully saturated rings. The highest BCUT2D eigenvalue weighted by atomic mass is 32.1. The van der Waals surface area contributed by atoms with Crippen LogP contribution in [0.3, 0.4) is 0 Å². The summed E-state index contributed by atoms with van der Waals surface area (Å²) in [6, 6.07) is 5.63. The van der Waals surface area contributed by atoms with Gasteiger partial charge in [0.1, 0.15) is 0 Å². The van der Waals surface area contributed by atoms with E-state index in [1.165, 1.54) is 0 Å². The second-order valence-corrected chi connectivity index (χ2v) is 4.50. The molecule has 2 aromatic rings. The predicted octanol–water partition coefficient (Wildman–Crippen LogP) is 3.17. The lowest BCUT2D eigenvalue weighted by Gasteiger charge is -2.04. The Morgan fingerprint density at radius 3 is 3.12 bits per heavy atom. The lowest BCUT2D eigenvalue weighted by atomic mass is 10.3. The molecular formula is C11H12N2O2S. The maximum atomic E-state index is 11.2. The van der Waals surface area contributed by atoms with Gasteiger partial charge in [-0.2, -0.15) is 0 Å². The topological polar surface area (TPSA) is 51.2 Å². The molecule has 4 nitrogen and oxygen atoms in total. The van der Waals surface area contributed by atoms with E-state index in [9.17, 15) is 4.79 Å². The SMILES string of the molecule is CCOC(=O)Nc1ccc2sc(C)nc2c1. The third-order valence-corrected chi connectivity index (χ3v) is 2.97. The molecule has 2 rings (SSSR count). The van der Waals surface area contributed by atoms with Crippen molar-refractivity contribution in [3.63, 3.8) is 0 Å². The number of nitrogens with one attached hydrogen (secondary N) is 1. The van der Waals surface area contributed by atoms with Gasteiger partial charge >= 0.3 is 6.09 Å². The smallest absolute Gasteiger partial charge is 0.411 e. The van der Waals surface area contributed by atoms with E-state index in [4.69, 9.17) is 4.74 Å². The van der Waals surface area contributed by atoms with E-state index in [0.717, 1.165) is 15.2 Å². The Bertz CT molecular complexity index is 522. The molecule has 5 heteroatoms. The second kappa shape index (κ2) is 4.49. The van der Waals surface area contributed by atoms with Crippen LogP contribution in [0.1, 0.15) is 11.9 Å². The third kappa shape index (κ3) is 2.30. The van der Waals surface area contributed by atoms with Crippen molar-refractivity contribution in [3.8, 4) is 0 Å². The quantitative estimate of drug-likeness (QED) is 0.871. The molecule has 0 radical (unpaired) electrons. The fraction of sp³-hybridized carbons (Fsp3) is 0.273. The van der Waals surface area contributed by atoms with Gasteiger partial charge in [0.05, 0.1) is 21.8 Å². The standard InChI is InChI=1S/C11H12N2O2S/c1-3-15-11(14)13-8-4-5-10-9(6-8)12-7(2)16-10/h4-6H,3H2,1-2H3,(H,13,14). The van der Waals surface area contributed by atoms with Crippen LogP contribution in [-0.4, -0.2) is 17.7 Å². The number of rotatable bonds is 2. The number of anilines is 1. The molecule has 0 aliphatic rings. The Morgan fingerprint density at radius 1 is 1.56 bits per heavy atom. The Morgan fingerprint density at radius 2 is 2.38 bits per heavy atom. The highest BCUT2D eigenvalue weighted by Crippen LogP contribution is 2.24. The van der Waals surface area contributed by atoms with E-state index in [0.29, 0.717) is 12.3 Å². The summed E-state index contributed by atoms with van der Waals surface area (Å²) in [7, 11) is 0. The molecule has 0 saturated heterocycles. The van der Waals surface area contributed by atoms with Crippen LogP contribution in [0.25, 0.3) is 10.2 Å². The fourth-order valence-corrected chi connectivity index (χ4v) is 2.21. The van der Waals surface area contributed by atoms with Crippen molar-refractivity contribution in [1.82, 2.24) is 4.98 Å². The number of ether oxygens (including phenoxy) is 1. The summed E-state index contributed by atoms with van der Waals surface area (Å²) >= 11 is 1.63. The molecule has 0 bridgehead atoms. The number of carbonyl (C=O) groups is 1. The highest BCUT2D eigenvalue weighted by molar-refractivity contribution is 7.18. The molecule has 0 spiro atoms. The van der Waals surface area contributed by atoms with Crippen molar-refractivity contribution in [2.75, 3.05) is 11.9 Å². The van der Waals surface area contributed by atoms with Crippen molar-refractivity contribution in [2.24, 2.45) is 0 Å². The minimum Gasteiger partial charge on any atom is -0.450 e. The summed E-state index contributed by atoms with van der Waals surface area (Å²) in [6.45, 7) is 4.10. The minimum absolute atomic E-state index is 0.365. The van der Waals surface area contributed by atoms with Crippen LogP contribution in [0.2, 0.25) is 0 Å². The first-order valence-electron chi connectivity index (χ1n) is 5.00. The normalized spacial score (nSPS) is 10.4. The van der Waals surface area contributed by atoms with Gasteiger partial charge in [-0.15, -0.1) is 11.3 Å². The maximum Gasteiger partial charge on any atom is 0.411 e. The van der Waals surface area contributed by atoms with E-state index >= 15 is 0 Å². The lowest BCUT2D eigenvalue weighted by molar-refractivity contribution is 0.168. The number of carbonyl (C=O) groups excluding carboxylic acids is 1. The van der Waals surface area contributed by atoms with Crippen LogP contribution in [0.5, 0.6) is 0 Å². The van der Waals surface area contributed by atoms with Gasteiger partial charge in [-0.05, 0) is 32.0 Å². The van der Waals surface area contributed by atoms with Crippen molar-refractivity contribution in [1.29, 1.82) is 0 Å². The van der Waals surface area contributed by atoms with E-state index in [1.807, 2.05) is 25.1 Å². The second-order valence-electron chi connectivity index (χ2n) is 3.26. The van der Waals surface area contributed by atoms with Crippen LogP contribution in [0, 0.1) is 6.92 Å². The number of amides is 1. The van der Waals surface area contributed by atoms with Gasteiger partial charge in [0.2, 0.25) is 0 Å². The van der Waals surface area contributed by atoms with E-state index < -0.39 is 6.09 Å². The molecule has 1 aromatic heterocycles. The van der Waals surface area contributed by atoms with Gasteiger partial charge in [-0.1, -0.05) is 0 Å². The van der Waals surface area contributed by atoms with Crippen molar-refractivity contribution >= 4 is 33.3 Å². The molecular weight excluding hydrogens is 224 g/mol. The summed E-state index contributed by atoms with van der Waals surface area (Å²) in [5, 5.41) is 3.66. The Kier molecular flexibility index (Phi) is 3.05. The van der Waals surface area contributed by atoms with Gasteiger partial charge in [-0.3, -0.25) is 5.32 Å². The van der Waals surface area contributed by atoms with E-state index in [-0.39, 0.29) is 0 Å². The lowest BCUT2D eigenvalue weighted by Crippen LogP contribution is -2.13. The van der Waals surface area contributed by atoms with Gasteiger partial charge in [-0.25, -0.2) is 9.78 Å². The molecule has 0 saturated carbocycles. The number of thiazole rings is 1. The third-order valence-electron chi connectivity index (χ3n) is 2.02. The van der Waals surface area contributed by atoms with E-state index in [1.54, 1.807) is 18.3 Å². The summed E-state index contributed by atoms with van der Waals surface area (Å²) in [6.07, 6.45) is -0.436. The largest absolute Gasteiger partial charge is 0.450 e. The number of hydrogen-bond acceptors (Lipinski definition) is 4. The molecule has 16 heavy (non-hydrogen) atoms. The van der Waals surface area contributed by atoms with Gasteiger partial charge < -0.3 is 4.74 Å². The summed E-state index contributed by atoms with van der Waals surface area (Å²) < 4.78 is 5.91. The van der Waals surface area contributed by atoms with Crippen LogP contribution in [-0.2, 0) is 4.74 Å². The molecule has 0 aliphatic heterocycles. The monoisotopic (exact) mass is 236 g/mol. The first-order valence-corrected chi connectivity index (χ1v) is 5.81. The van der Waals surface area contributed by atoms with Crippen LogP contribution in [0.4, 0.5) is 10.5 Å².